The van der Waals surface area contributed by atoms with Gasteiger partial charge in [-0.05, 0) is 6.07 Å². The molecule has 0 aliphatic heterocycles. The monoisotopic (exact) mass is 281 g/mol. The molecule has 0 saturated carbocycles. The van der Waals surface area contributed by atoms with E-state index in [9.17, 15) is 5.11 Å². The number of H-pyrrole nitrogens is 1. The minimum Gasteiger partial charge on any atom is -0.493 e. The average Bonchev–Trinajstić information content (AvgIpc) is 2.81. The third-order valence-electron chi connectivity index (χ3n) is 2.92. The molecular formula is C15H11N3OS. The Kier molecular flexibility index (Phi) is 3.26. The highest BCUT2D eigenvalue weighted by atomic mass is 32.1. The van der Waals surface area contributed by atoms with Gasteiger partial charge in [0.2, 0.25) is 5.88 Å². The number of aromatic amines is 1. The van der Waals surface area contributed by atoms with Crippen LogP contribution in [0.2, 0.25) is 0 Å². The van der Waals surface area contributed by atoms with E-state index in [4.69, 9.17) is 12.2 Å². The second kappa shape index (κ2) is 5.22. The van der Waals surface area contributed by atoms with Gasteiger partial charge in [0.15, 0.2) is 10.7 Å². The molecule has 2 N–H and O–H groups in total. The Bertz CT molecular complexity index is 793. The average molecular weight is 281 g/mol. The maximum absolute atomic E-state index is 9.87. The molecule has 0 amide bonds. The highest BCUT2D eigenvalue weighted by Crippen LogP contribution is 2.35. The van der Waals surface area contributed by atoms with Gasteiger partial charge in [-0.2, -0.15) is 0 Å². The highest BCUT2D eigenvalue weighted by molar-refractivity contribution is 7.80. The summed E-state index contributed by atoms with van der Waals surface area (Å²) in [4.78, 5) is 3.23. The second-order valence-electron chi connectivity index (χ2n) is 4.24. The van der Waals surface area contributed by atoms with Gasteiger partial charge in [-0.25, -0.2) is 0 Å². The van der Waals surface area contributed by atoms with Gasteiger partial charge in [-0.1, -0.05) is 60.7 Å². The molecule has 3 aromatic rings. The van der Waals surface area contributed by atoms with Crippen LogP contribution in [0.15, 0.2) is 64.8 Å². The summed E-state index contributed by atoms with van der Waals surface area (Å²) in [5.74, 6) is -0.00851. The number of nitrogens with one attached hydrogen (secondary N) is 1. The quantitative estimate of drug-likeness (QED) is 0.542. The van der Waals surface area contributed by atoms with Crippen LogP contribution in [0.4, 0.5) is 5.69 Å². The lowest BCUT2D eigenvalue weighted by molar-refractivity contribution is 0.459. The van der Waals surface area contributed by atoms with Crippen LogP contribution < -0.4 is 0 Å². The lowest BCUT2D eigenvalue weighted by Gasteiger charge is -1.96. The molecule has 2 aromatic carbocycles. The predicted octanol–water partition coefficient (Wildman–Crippen LogP) is 4.33. The zero-order chi connectivity index (χ0) is 13.9. The van der Waals surface area contributed by atoms with Gasteiger partial charge in [0.05, 0.1) is 5.52 Å². The Balaban J connectivity index is 1.95. The largest absolute Gasteiger partial charge is 0.493 e. The van der Waals surface area contributed by atoms with Crippen molar-refractivity contribution in [2.24, 2.45) is 10.2 Å². The summed E-state index contributed by atoms with van der Waals surface area (Å²) in [7, 11) is 0. The van der Waals surface area contributed by atoms with Crippen molar-refractivity contribution in [3.05, 3.63) is 60.2 Å². The van der Waals surface area contributed by atoms with Crippen LogP contribution in [0.5, 0.6) is 5.88 Å². The molecule has 4 nitrogen and oxygen atoms in total. The predicted molar refractivity (Wildman–Crippen MR) is 82.6 cm³/mol. The van der Waals surface area contributed by atoms with Gasteiger partial charge in [0.1, 0.15) is 0 Å². The first-order valence-electron chi connectivity index (χ1n) is 6.06. The number of hydrogen-bond acceptors (Lipinski definition) is 3. The maximum Gasteiger partial charge on any atom is 0.218 e. The fourth-order valence-corrected chi connectivity index (χ4v) is 2.12. The van der Waals surface area contributed by atoms with Crippen LogP contribution >= 0.6 is 12.2 Å². The van der Waals surface area contributed by atoms with E-state index in [0.29, 0.717) is 10.7 Å². The lowest BCUT2D eigenvalue weighted by Crippen LogP contribution is -1.90. The summed E-state index contributed by atoms with van der Waals surface area (Å²) in [6.07, 6.45) is 0. The molecular weight excluding hydrogens is 270 g/mol. The topological polar surface area (TPSA) is 60.7 Å². The Morgan fingerprint density at radius 3 is 2.50 bits per heavy atom. The number of thiocarbonyl (C=S) groups is 1. The molecule has 3 rings (SSSR count). The first-order chi connectivity index (χ1) is 9.75. The summed E-state index contributed by atoms with van der Waals surface area (Å²) < 4.78 is 0. The maximum atomic E-state index is 9.87. The zero-order valence-electron chi connectivity index (χ0n) is 10.4. The highest BCUT2D eigenvalue weighted by Gasteiger charge is 2.09. The van der Waals surface area contributed by atoms with E-state index in [1.165, 1.54) is 0 Å². The van der Waals surface area contributed by atoms with Crippen molar-refractivity contribution in [1.82, 2.24) is 4.98 Å². The molecule has 0 radical (unpaired) electrons. The van der Waals surface area contributed by atoms with E-state index in [0.717, 1.165) is 16.5 Å². The van der Waals surface area contributed by atoms with Gasteiger partial charge >= 0.3 is 0 Å². The number of aromatic nitrogens is 1. The lowest BCUT2D eigenvalue weighted by atomic mass is 10.2. The summed E-state index contributed by atoms with van der Waals surface area (Å²) in [6, 6.07) is 16.9. The number of azo groups is 1. The van der Waals surface area contributed by atoms with Crippen molar-refractivity contribution in [2.45, 2.75) is 0 Å². The first-order valence-corrected chi connectivity index (χ1v) is 6.47. The van der Waals surface area contributed by atoms with E-state index in [2.05, 4.69) is 15.2 Å². The van der Waals surface area contributed by atoms with Crippen molar-refractivity contribution in [1.29, 1.82) is 0 Å². The summed E-state index contributed by atoms with van der Waals surface area (Å²) >= 11 is 5.21. The Hall–Kier alpha value is -2.53. The normalized spacial score (nSPS) is 11.2. The van der Waals surface area contributed by atoms with Crippen LogP contribution in [-0.4, -0.2) is 15.1 Å². The molecule has 0 aliphatic carbocycles. The van der Waals surface area contributed by atoms with E-state index in [1.807, 2.05) is 54.6 Å². The number of benzene rings is 2. The van der Waals surface area contributed by atoms with Crippen molar-refractivity contribution in [3.63, 3.8) is 0 Å². The van der Waals surface area contributed by atoms with Gasteiger partial charge in [-0.15, -0.1) is 10.2 Å². The molecule has 0 aliphatic rings. The minimum atomic E-state index is -0.00851. The SMILES string of the molecule is Oc1[nH]c2ccccc2c1N=NC(=S)c1ccccc1. The van der Waals surface area contributed by atoms with E-state index in [1.54, 1.807) is 0 Å². The smallest absolute Gasteiger partial charge is 0.218 e. The van der Waals surface area contributed by atoms with Gasteiger partial charge in [0.25, 0.3) is 0 Å². The van der Waals surface area contributed by atoms with Crippen molar-refractivity contribution in [3.8, 4) is 5.88 Å². The van der Waals surface area contributed by atoms with Crippen molar-refractivity contribution in [2.75, 3.05) is 0 Å². The van der Waals surface area contributed by atoms with E-state index < -0.39 is 0 Å². The van der Waals surface area contributed by atoms with E-state index in [-0.39, 0.29) is 5.88 Å². The molecule has 1 aromatic heterocycles. The third-order valence-corrected chi connectivity index (χ3v) is 3.24. The third kappa shape index (κ3) is 2.31. The number of hydrogen-bond donors (Lipinski definition) is 2. The van der Waals surface area contributed by atoms with Crippen LogP contribution in [0, 0.1) is 0 Å². The van der Waals surface area contributed by atoms with Crippen LogP contribution in [0.3, 0.4) is 0 Å². The fourth-order valence-electron chi connectivity index (χ4n) is 1.95. The number of para-hydroxylation sites is 1. The van der Waals surface area contributed by atoms with Crippen molar-refractivity contribution < 1.29 is 5.11 Å². The molecule has 0 atom stereocenters. The van der Waals surface area contributed by atoms with Gasteiger partial charge in [-0.3, -0.25) is 0 Å². The first kappa shape index (κ1) is 12.5. The number of aromatic hydroxyl groups is 1. The second-order valence-corrected chi connectivity index (χ2v) is 4.63. The Labute approximate surface area is 120 Å². The molecule has 1 heterocycles. The summed E-state index contributed by atoms with van der Waals surface area (Å²) in [5.41, 5.74) is 2.04. The molecule has 0 bridgehead atoms. The van der Waals surface area contributed by atoms with Crippen LogP contribution in [0.25, 0.3) is 10.9 Å². The molecule has 0 unspecified atom stereocenters. The number of fused-ring (bicyclic) bond motifs is 1. The van der Waals surface area contributed by atoms with Crippen LogP contribution in [-0.2, 0) is 0 Å². The van der Waals surface area contributed by atoms with Crippen molar-refractivity contribution >= 4 is 33.8 Å². The Morgan fingerprint density at radius 1 is 1.00 bits per heavy atom. The minimum absolute atomic E-state index is 0.00851. The molecule has 5 heteroatoms. The van der Waals surface area contributed by atoms with E-state index >= 15 is 0 Å². The molecule has 0 spiro atoms. The molecule has 20 heavy (non-hydrogen) atoms. The van der Waals surface area contributed by atoms with Gasteiger partial charge in [0, 0.05) is 10.9 Å². The summed E-state index contributed by atoms with van der Waals surface area (Å²) in [5, 5.41) is 18.8. The standard InChI is InChI=1S/C15H11N3OS/c19-14-13(11-8-4-5-9-12(11)16-14)17-18-15(20)10-6-2-1-3-7-10/h1-9,16,19H. The number of nitrogens with zero attached hydrogens (tertiary/aromatic N) is 2. The molecule has 0 saturated heterocycles. The fraction of sp³-hybridized carbons (Fsp3) is 0. The van der Waals surface area contributed by atoms with Crippen LogP contribution in [0.1, 0.15) is 5.56 Å². The molecule has 98 valence electrons. The molecule has 0 fully saturated rings. The van der Waals surface area contributed by atoms with Gasteiger partial charge < -0.3 is 10.1 Å². The zero-order valence-corrected chi connectivity index (χ0v) is 11.3. The summed E-state index contributed by atoms with van der Waals surface area (Å²) in [6.45, 7) is 0. The Morgan fingerprint density at radius 2 is 1.70 bits per heavy atom. The number of rotatable bonds is 2.